The third-order valence-electron chi connectivity index (χ3n) is 3.08. The molecule has 1 rings (SSSR count). The molecule has 19 heavy (non-hydrogen) atoms. The van der Waals surface area contributed by atoms with Crippen LogP contribution >= 0.6 is 0 Å². The highest BCUT2D eigenvalue weighted by molar-refractivity contribution is 5.86. The summed E-state index contributed by atoms with van der Waals surface area (Å²) >= 11 is 0. The molecule has 0 aromatic heterocycles. The van der Waals surface area contributed by atoms with Crippen LogP contribution < -0.4 is 5.32 Å². The van der Waals surface area contributed by atoms with Crippen molar-refractivity contribution in [2.75, 3.05) is 32.7 Å². The van der Waals surface area contributed by atoms with Crippen LogP contribution in [0.1, 0.15) is 13.3 Å². The molecule has 0 spiro atoms. The fourth-order valence-corrected chi connectivity index (χ4v) is 1.88. The number of hydrogen-bond donors (Lipinski definition) is 3. The summed E-state index contributed by atoms with van der Waals surface area (Å²) in [6.45, 7) is 5.44. The van der Waals surface area contributed by atoms with Crippen molar-refractivity contribution in [2.24, 2.45) is 0 Å². The van der Waals surface area contributed by atoms with Gasteiger partial charge in [0.1, 0.15) is 6.04 Å². The van der Waals surface area contributed by atoms with Gasteiger partial charge in [-0.15, -0.1) is 0 Å². The fourth-order valence-electron chi connectivity index (χ4n) is 1.88. The first kappa shape index (κ1) is 15.2. The lowest BCUT2D eigenvalue weighted by molar-refractivity contribution is -0.145. The maximum Gasteiger partial charge on any atom is 0.326 e. The zero-order chi connectivity index (χ0) is 14.4. The lowest BCUT2D eigenvalue weighted by Crippen LogP contribution is -2.54. The highest BCUT2D eigenvalue weighted by atomic mass is 16.4. The van der Waals surface area contributed by atoms with Crippen molar-refractivity contribution in [3.8, 4) is 0 Å². The van der Waals surface area contributed by atoms with Gasteiger partial charge in [-0.1, -0.05) is 6.92 Å². The van der Waals surface area contributed by atoms with Crippen molar-refractivity contribution in [1.29, 1.82) is 0 Å². The average Bonchev–Trinajstić information content (AvgIpc) is 2.37. The summed E-state index contributed by atoms with van der Waals surface area (Å²) in [5.41, 5.74) is 0. The van der Waals surface area contributed by atoms with Crippen LogP contribution in [-0.4, -0.2) is 76.7 Å². The Hall–Kier alpha value is -1.83. The number of carbonyl (C=O) groups excluding carboxylic acids is 1. The van der Waals surface area contributed by atoms with Crippen LogP contribution in [0.25, 0.3) is 0 Å². The van der Waals surface area contributed by atoms with Crippen molar-refractivity contribution < 1.29 is 24.6 Å². The van der Waals surface area contributed by atoms with E-state index in [0.29, 0.717) is 13.1 Å². The quantitative estimate of drug-likeness (QED) is 0.608. The number of rotatable bonds is 5. The number of likely N-dealkylation sites (N-methyl/N-ethyl adjacent to an activating group) is 1. The Morgan fingerprint density at radius 2 is 1.74 bits per heavy atom. The van der Waals surface area contributed by atoms with Gasteiger partial charge in [0.15, 0.2) is 0 Å². The standard InChI is InChI=1S/C11H19N3O5/c1-2-13-3-5-14(6-4-13)11(19)12-8(10(17)18)7-9(15)16/h8H,2-7H2,1H3,(H,12,19)(H,15,16)(H,17,18)/t8-/m1/s1. The molecular weight excluding hydrogens is 254 g/mol. The number of urea groups is 1. The van der Waals surface area contributed by atoms with Crippen LogP contribution in [0.15, 0.2) is 0 Å². The number of carboxylic acid groups (broad SMARTS) is 2. The molecule has 1 saturated heterocycles. The minimum absolute atomic E-state index is 0.513. The smallest absolute Gasteiger partial charge is 0.326 e. The maximum atomic E-state index is 11.8. The van der Waals surface area contributed by atoms with Gasteiger partial charge in [0, 0.05) is 26.2 Å². The lowest BCUT2D eigenvalue weighted by atomic mass is 10.2. The third kappa shape index (κ3) is 4.74. The van der Waals surface area contributed by atoms with E-state index < -0.39 is 30.4 Å². The lowest BCUT2D eigenvalue weighted by Gasteiger charge is -2.34. The molecule has 1 heterocycles. The average molecular weight is 273 g/mol. The second-order valence-electron chi connectivity index (χ2n) is 4.36. The van der Waals surface area contributed by atoms with Gasteiger partial charge in [-0.05, 0) is 6.54 Å². The predicted octanol–water partition coefficient (Wildman–Crippen LogP) is -0.739. The van der Waals surface area contributed by atoms with E-state index in [9.17, 15) is 14.4 Å². The summed E-state index contributed by atoms with van der Waals surface area (Å²) < 4.78 is 0. The topological polar surface area (TPSA) is 110 Å². The van der Waals surface area contributed by atoms with Gasteiger partial charge in [0.05, 0.1) is 6.42 Å². The molecule has 0 bridgehead atoms. The van der Waals surface area contributed by atoms with Crippen LogP contribution in [0.2, 0.25) is 0 Å². The van der Waals surface area contributed by atoms with Crippen molar-refractivity contribution in [3.63, 3.8) is 0 Å². The molecule has 1 atom stereocenters. The predicted molar refractivity (Wildman–Crippen MR) is 65.9 cm³/mol. The molecule has 0 radical (unpaired) electrons. The molecule has 8 heteroatoms. The van der Waals surface area contributed by atoms with Crippen LogP contribution in [0, 0.1) is 0 Å². The number of amides is 2. The van der Waals surface area contributed by atoms with E-state index >= 15 is 0 Å². The molecule has 1 aliphatic heterocycles. The fraction of sp³-hybridized carbons (Fsp3) is 0.727. The Labute approximate surface area is 111 Å². The number of piperazine rings is 1. The molecule has 8 nitrogen and oxygen atoms in total. The number of hydrogen-bond acceptors (Lipinski definition) is 4. The molecular formula is C11H19N3O5. The van der Waals surface area contributed by atoms with Crippen molar-refractivity contribution in [2.45, 2.75) is 19.4 Å². The first-order valence-corrected chi connectivity index (χ1v) is 6.16. The number of carboxylic acids is 2. The second kappa shape index (κ2) is 6.93. The molecule has 0 aliphatic carbocycles. The van der Waals surface area contributed by atoms with E-state index in [1.54, 1.807) is 0 Å². The number of nitrogens with one attached hydrogen (secondary N) is 1. The number of carbonyl (C=O) groups is 3. The van der Waals surface area contributed by atoms with E-state index in [-0.39, 0.29) is 0 Å². The first-order valence-electron chi connectivity index (χ1n) is 6.16. The zero-order valence-electron chi connectivity index (χ0n) is 10.8. The Morgan fingerprint density at radius 1 is 1.16 bits per heavy atom. The number of nitrogens with zero attached hydrogens (tertiary/aromatic N) is 2. The molecule has 108 valence electrons. The maximum absolute atomic E-state index is 11.8. The van der Waals surface area contributed by atoms with Crippen LogP contribution in [0.4, 0.5) is 4.79 Å². The van der Waals surface area contributed by atoms with Gasteiger partial charge in [0.25, 0.3) is 0 Å². The molecule has 1 aliphatic rings. The van der Waals surface area contributed by atoms with Crippen molar-refractivity contribution >= 4 is 18.0 Å². The minimum atomic E-state index is -1.39. The molecule has 0 unspecified atom stereocenters. The molecule has 0 aromatic carbocycles. The SMILES string of the molecule is CCN1CCN(C(=O)N[C@H](CC(=O)O)C(=O)O)CC1. The van der Waals surface area contributed by atoms with Crippen LogP contribution in [0.5, 0.6) is 0 Å². The Morgan fingerprint density at radius 3 is 2.16 bits per heavy atom. The molecule has 0 saturated carbocycles. The highest BCUT2D eigenvalue weighted by Crippen LogP contribution is 2.03. The van der Waals surface area contributed by atoms with Gasteiger partial charge < -0.3 is 25.3 Å². The third-order valence-corrected chi connectivity index (χ3v) is 3.08. The van der Waals surface area contributed by atoms with Gasteiger partial charge in [-0.3, -0.25) is 4.79 Å². The summed E-state index contributed by atoms with van der Waals surface area (Å²) in [6, 6.07) is -1.92. The van der Waals surface area contributed by atoms with Crippen LogP contribution in [-0.2, 0) is 9.59 Å². The zero-order valence-corrected chi connectivity index (χ0v) is 10.8. The highest BCUT2D eigenvalue weighted by Gasteiger charge is 2.27. The molecule has 3 N–H and O–H groups in total. The molecule has 0 aromatic rings. The second-order valence-corrected chi connectivity index (χ2v) is 4.36. The molecule has 1 fully saturated rings. The summed E-state index contributed by atoms with van der Waals surface area (Å²) in [6.07, 6.45) is -0.629. The summed E-state index contributed by atoms with van der Waals surface area (Å²) in [7, 11) is 0. The summed E-state index contributed by atoms with van der Waals surface area (Å²) in [5, 5.41) is 19.7. The van der Waals surface area contributed by atoms with E-state index in [1.807, 2.05) is 6.92 Å². The van der Waals surface area contributed by atoms with Crippen LogP contribution in [0.3, 0.4) is 0 Å². The number of aliphatic carboxylic acids is 2. The summed E-state index contributed by atoms with van der Waals surface area (Å²) in [4.78, 5) is 36.9. The normalized spacial score (nSPS) is 17.8. The van der Waals surface area contributed by atoms with Crippen molar-refractivity contribution in [3.05, 3.63) is 0 Å². The van der Waals surface area contributed by atoms with E-state index in [4.69, 9.17) is 10.2 Å². The van der Waals surface area contributed by atoms with E-state index in [2.05, 4.69) is 10.2 Å². The minimum Gasteiger partial charge on any atom is -0.481 e. The first-order chi connectivity index (χ1) is 8.93. The monoisotopic (exact) mass is 273 g/mol. The molecule has 2 amide bonds. The Kier molecular flexibility index (Phi) is 5.56. The van der Waals surface area contributed by atoms with Gasteiger partial charge in [-0.25, -0.2) is 9.59 Å². The Bertz CT molecular complexity index is 352. The van der Waals surface area contributed by atoms with Gasteiger partial charge >= 0.3 is 18.0 Å². The largest absolute Gasteiger partial charge is 0.481 e. The van der Waals surface area contributed by atoms with E-state index in [0.717, 1.165) is 19.6 Å². The van der Waals surface area contributed by atoms with Gasteiger partial charge in [0.2, 0.25) is 0 Å². The summed E-state index contributed by atoms with van der Waals surface area (Å²) in [5.74, 6) is -2.61. The Balaban J connectivity index is 2.48. The van der Waals surface area contributed by atoms with Gasteiger partial charge in [-0.2, -0.15) is 0 Å². The van der Waals surface area contributed by atoms with Crippen molar-refractivity contribution in [1.82, 2.24) is 15.1 Å². The van der Waals surface area contributed by atoms with E-state index in [1.165, 1.54) is 4.90 Å².